The van der Waals surface area contributed by atoms with Gasteiger partial charge in [-0.05, 0) is 25.0 Å². The third kappa shape index (κ3) is 4.04. The maximum absolute atomic E-state index is 12.8. The van der Waals surface area contributed by atoms with Crippen LogP contribution < -0.4 is 5.73 Å². The van der Waals surface area contributed by atoms with Gasteiger partial charge >= 0.3 is 0 Å². The molecule has 0 saturated carbocycles. The second-order valence-corrected chi connectivity index (χ2v) is 9.53. The molecule has 0 aliphatic carbocycles. The fraction of sp³-hybridized carbons (Fsp3) is 0.538. The number of hydrogen-bond donors (Lipinski definition) is 1. The molecule has 0 amide bonds. The molecule has 1 unspecified atom stereocenters. The highest BCUT2D eigenvalue weighted by Gasteiger charge is 2.34. The highest BCUT2D eigenvalue weighted by Crippen LogP contribution is 2.27. The van der Waals surface area contributed by atoms with Gasteiger partial charge in [-0.25, -0.2) is 21.1 Å². The van der Waals surface area contributed by atoms with Crippen molar-refractivity contribution in [1.82, 2.24) is 8.61 Å². The summed E-state index contributed by atoms with van der Waals surface area (Å²) < 4.78 is 52.6. The molecular weight excluding hydrogens is 362 g/mol. The Morgan fingerprint density at radius 2 is 1.70 bits per heavy atom. The molecule has 1 heterocycles. The van der Waals surface area contributed by atoms with E-state index >= 15 is 0 Å². The molecule has 2 rings (SSSR count). The molecule has 1 aromatic rings. The van der Waals surface area contributed by atoms with Crippen molar-refractivity contribution in [1.29, 1.82) is 0 Å². The average Bonchev–Trinajstić information content (AvgIpc) is 2.47. The van der Waals surface area contributed by atoms with Gasteiger partial charge in [0.2, 0.25) is 20.0 Å². The number of benzene rings is 1. The summed E-state index contributed by atoms with van der Waals surface area (Å²) in [5, 5.41) is 0. The standard InChI is InChI=1S/C13H21N3O4S2.ClH/c1-15(2)21(17,18)12-7-3-4-8-13(12)22(19,20)16-9-5-6-11(14)10-16;/h3-4,7-8,11H,5-6,9-10,14H2,1-2H3;1H. The van der Waals surface area contributed by atoms with Crippen LogP contribution in [0.2, 0.25) is 0 Å². The first-order valence-electron chi connectivity index (χ1n) is 6.94. The van der Waals surface area contributed by atoms with Crippen LogP contribution >= 0.6 is 12.4 Å². The summed E-state index contributed by atoms with van der Waals surface area (Å²) in [5.74, 6) is 0. The second kappa shape index (κ2) is 7.45. The monoisotopic (exact) mass is 383 g/mol. The molecule has 2 N–H and O–H groups in total. The van der Waals surface area contributed by atoms with Gasteiger partial charge in [-0.1, -0.05) is 12.1 Å². The van der Waals surface area contributed by atoms with Gasteiger partial charge in [-0.3, -0.25) is 0 Å². The molecular formula is C13H22ClN3O4S2. The molecule has 1 aliphatic rings. The van der Waals surface area contributed by atoms with Crippen molar-refractivity contribution in [3.8, 4) is 0 Å². The largest absolute Gasteiger partial charge is 0.327 e. The van der Waals surface area contributed by atoms with Crippen LogP contribution in [0.25, 0.3) is 0 Å². The van der Waals surface area contributed by atoms with E-state index in [0.29, 0.717) is 13.0 Å². The molecule has 0 spiro atoms. The summed E-state index contributed by atoms with van der Waals surface area (Å²) in [4.78, 5) is -0.406. The van der Waals surface area contributed by atoms with E-state index in [0.717, 1.165) is 10.7 Å². The highest BCUT2D eigenvalue weighted by atomic mass is 35.5. The van der Waals surface area contributed by atoms with Crippen molar-refractivity contribution in [2.24, 2.45) is 5.73 Å². The van der Waals surface area contributed by atoms with Gasteiger partial charge in [0.1, 0.15) is 9.79 Å². The Hall–Kier alpha value is -0.710. The summed E-state index contributed by atoms with van der Waals surface area (Å²) in [6.45, 7) is 0.561. The zero-order valence-electron chi connectivity index (χ0n) is 13.0. The van der Waals surface area contributed by atoms with E-state index in [2.05, 4.69) is 0 Å². The van der Waals surface area contributed by atoms with Crippen molar-refractivity contribution in [3.05, 3.63) is 24.3 Å². The average molecular weight is 384 g/mol. The molecule has 23 heavy (non-hydrogen) atoms. The summed E-state index contributed by atoms with van der Waals surface area (Å²) in [7, 11) is -5.00. The van der Waals surface area contributed by atoms with Crippen LogP contribution in [0.3, 0.4) is 0 Å². The number of piperidine rings is 1. The minimum absolute atomic E-state index is 0. The Bertz CT molecular complexity index is 750. The third-order valence-corrected chi connectivity index (χ3v) is 7.57. The fourth-order valence-corrected chi connectivity index (χ4v) is 5.61. The first-order chi connectivity index (χ1) is 10.2. The molecule has 1 aromatic carbocycles. The minimum Gasteiger partial charge on any atom is -0.327 e. The zero-order chi connectivity index (χ0) is 16.5. The lowest BCUT2D eigenvalue weighted by atomic mass is 10.1. The Morgan fingerprint density at radius 3 is 2.22 bits per heavy atom. The number of halogens is 1. The van der Waals surface area contributed by atoms with E-state index in [1.165, 1.54) is 42.7 Å². The molecule has 7 nitrogen and oxygen atoms in total. The Balaban J connectivity index is 0.00000264. The maximum atomic E-state index is 12.8. The van der Waals surface area contributed by atoms with E-state index in [4.69, 9.17) is 5.73 Å². The first-order valence-corrected chi connectivity index (χ1v) is 9.82. The lowest BCUT2D eigenvalue weighted by Crippen LogP contribution is -2.46. The van der Waals surface area contributed by atoms with Crippen molar-refractivity contribution in [3.63, 3.8) is 0 Å². The normalized spacial score (nSPS) is 20.3. The zero-order valence-corrected chi connectivity index (χ0v) is 15.5. The molecule has 1 atom stereocenters. The van der Waals surface area contributed by atoms with Gasteiger partial charge in [-0.2, -0.15) is 4.31 Å². The summed E-state index contributed by atoms with van der Waals surface area (Å²) in [6, 6.07) is 5.45. The second-order valence-electron chi connectivity index (χ2n) is 5.50. The molecule has 1 aliphatic heterocycles. The van der Waals surface area contributed by atoms with Gasteiger partial charge in [0.05, 0.1) is 0 Å². The topological polar surface area (TPSA) is 101 Å². The van der Waals surface area contributed by atoms with Crippen LogP contribution in [-0.2, 0) is 20.0 Å². The van der Waals surface area contributed by atoms with E-state index in [-0.39, 0.29) is 34.8 Å². The number of nitrogens with two attached hydrogens (primary N) is 1. The quantitative estimate of drug-likeness (QED) is 0.814. The van der Waals surface area contributed by atoms with Crippen molar-refractivity contribution < 1.29 is 16.8 Å². The smallest absolute Gasteiger partial charge is 0.244 e. The van der Waals surface area contributed by atoms with Gasteiger partial charge < -0.3 is 5.73 Å². The number of sulfonamides is 2. The molecule has 0 bridgehead atoms. The molecule has 0 radical (unpaired) electrons. The van der Waals surface area contributed by atoms with Gasteiger partial charge in [0, 0.05) is 33.2 Å². The van der Waals surface area contributed by atoms with Crippen LogP contribution in [0.15, 0.2) is 34.1 Å². The fourth-order valence-electron chi connectivity index (χ4n) is 2.40. The van der Waals surface area contributed by atoms with Crippen LogP contribution in [0.5, 0.6) is 0 Å². The third-order valence-electron chi connectivity index (χ3n) is 3.65. The van der Waals surface area contributed by atoms with Crippen LogP contribution in [0, 0.1) is 0 Å². The lowest BCUT2D eigenvalue weighted by Gasteiger charge is -2.30. The SMILES string of the molecule is CN(C)S(=O)(=O)c1ccccc1S(=O)(=O)N1CCCC(N)C1.Cl. The Morgan fingerprint density at radius 1 is 1.13 bits per heavy atom. The molecule has 1 saturated heterocycles. The summed E-state index contributed by atoms with van der Waals surface area (Å²) in [6.07, 6.45) is 1.44. The minimum atomic E-state index is -3.89. The number of nitrogens with zero attached hydrogens (tertiary/aromatic N) is 2. The maximum Gasteiger partial charge on any atom is 0.244 e. The predicted molar refractivity (Wildman–Crippen MR) is 90.5 cm³/mol. The Labute approximate surface area is 144 Å². The molecule has 132 valence electrons. The van der Waals surface area contributed by atoms with E-state index in [1.54, 1.807) is 0 Å². The van der Waals surface area contributed by atoms with Crippen LogP contribution in [0.4, 0.5) is 0 Å². The van der Waals surface area contributed by atoms with Crippen molar-refractivity contribution in [2.75, 3.05) is 27.2 Å². The Kier molecular flexibility index (Phi) is 6.59. The van der Waals surface area contributed by atoms with Crippen LogP contribution in [-0.4, -0.2) is 58.7 Å². The van der Waals surface area contributed by atoms with Gasteiger partial charge in [0.25, 0.3) is 0 Å². The van der Waals surface area contributed by atoms with E-state index < -0.39 is 20.0 Å². The lowest BCUT2D eigenvalue weighted by molar-refractivity contribution is 0.315. The highest BCUT2D eigenvalue weighted by molar-refractivity contribution is 7.92. The molecule has 0 aromatic heterocycles. The predicted octanol–water partition coefficient (Wildman–Crippen LogP) is 0.471. The summed E-state index contributed by atoms with van der Waals surface area (Å²) in [5.41, 5.74) is 5.84. The first kappa shape index (κ1) is 20.3. The van der Waals surface area contributed by atoms with Gasteiger partial charge in [-0.15, -0.1) is 12.4 Å². The van der Waals surface area contributed by atoms with Crippen molar-refractivity contribution >= 4 is 32.5 Å². The number of rotatable bonds is 4. The van der Waals surface area contributed by atoms with Crippen molar-refractivity contribution in [2.45, 2.75) is 28.7 Å². The molecule has 10 heteroatoms. The summed E-state index contributed by atoms with van der Waals surface area (Å²) >= 11 is 0. The van der Waals surface area contributed by atoms with E-state index in [9.17, 15) is 16.8 Å². The van der Waals surface area contributed by atoms with Gasteiger partial charge in [0.15, 0.2) is 0 Å². The van der Waals surface area contributed by atoms with E-state index in [1.807, 2.05) is 0 Å². The number of hydrogen-bond acceptors (Lipinski definition) is 5. The molecule has 1 fully saturated rings. The van der Waals surface area contributed by atoms with Crippen LogP contribution in [0.1, 0.15) is 12.8 Å².